The molecule has 0 spiro atoms. The van der Waals surface area contributed by atoms with Gasteiger partial charge in [-0.25, -0.2) is 4.98 Å². The van der Waals surface area contributed by atoms with Crippen LogP contribution in [0.1, 0.15) is 31.9 Å². The summed E-state index contributed by atoms with van der Waals surface area (Å²) in [6.45, 7) is 4.78. The number of pyridine rings is 1. The zero-order chi connectivity index (χ0) is 12.3. The molecule has 0 saturated carbocycles. The normalized spacial score (nSPS) is 24.4. The van der Waals surface area contributed by atoms with E-state index >= 15 is 0 Å². The Balaban J connectivity index is 2.05. The first-order chi connectivity index (χ1) is 8.10. The summed E-state index contributed by atoms with van der Waals surface area (Å²) in [6, 6.07) is 5.63. The van der Waals surface area contributed by atoms with Crippen LogP contribution >= 0.6 is 0 Å². The second kappa shape index (κ2) is 4.84. The van der Waals surface area contributed by atoms with Gasteiger partial charge >= 0.3 is 0 Å². The minimum atomic E-state index is -0.455. The monoisotopic (exact) mass is 233 g/mol. The maximum absolute atomic E-state index is 12.2. The Morgan fingerprint density at radius 2 is 2.29 bits per heavy atom. The van der Waals surface area contributed by atoms with Crippen LogP contribution in [0.25, 0.3) is 0 Å². The number of aryl methyl sites for hydroxylation is 1. The minimum absolute atomic E-state index is 0.00954. The molecular weight excluding hydrogens is 214 g/mol. The van der Waals surface area contributed by atoms with Crippen LogP contribution in [0.4, 0.5) is 5.82 Å². The van der Waals surface area contributed by atoms with E-state index in [1.807, 2.05) is 32.0 Å². The van der Waals surface area contributed by atoms with Crippen LogP contribution in [0.5, 0.6) is 0 Å². The molecule has 92 valence electrons. The van der Waals surface area contributed by atoms with Crippen molar-refractivity contribution in [1.82, 2.24) is 10.3 Å². The third-order valence-corrected chi connectivity index (χ3v) is 3.25. The van der Waals surface area contributed by atoms with Crippen molar-refractivity contribution in [3.05, 3.63) is 23.9 Å². The topological polar surface area (TPSA) is 54.0 Å². The van der Waals surface area contributed by atoms with E-state index in [1.54, 1.807) is 0 Å². The summed E-state index contributed by atoms with van der Waals surface area (Å²) >= 11 is 0. The Kier molecular flexibility index (Phi) is 3.43. The number of nitrogens with one attached hydrogen (secondary N) is 2. The Morgan fingerprint density at radius 3 is 2.94 bits per heavy atom. The van der Waals surface area contributed by atoms with Gasteiger partial charge in [0, 0.05) is 5.69 Å². The second-order valence-electron chi connectivity index (χ2n) is 4.83. The average molecular weight is 233 g/mol. The molecule has 1 aliphatic heterocycles. The third kappa shape index (κ3) is 2.82. The number of aromatic nitrogens is 1. The standard InChI is InChI=1S/C13H19N3O/c1-10-6-5-7-11(15-10)16-12(17)13(2)8-3-4-9-14-13/h5-7,14H,3-4,8-9H2,1-2H3,(H,15,16,17). The highest BCUT2D eigenvalue weighted by atomic mass is 16.2. The van der Waals surface area contributed by atoms with E-state index in [9.17, 15) is 4.79 Å². The molecule has 4 heteroatoms. The van der Waals surface area contributed by atoms with E-state index in [-0.39, 0.29) is 5.91 Å². The highest BCUT2D eigenvalue weighted by molar-refractivity contribution is 5.97. The molecular formula is C13H19N3O. The highest BCUT2D eigenvalue weighted by Crippen LogP contribution is 2.20. The number of nitrogens with zero attached hydrogens (tertiary/aromatic N) is 1. The summed E-state index contributed by atoms with van der Waals surface area (Å²) < 4.78 is 0. The van der Waals surface area contributed by atoms with Gasteiger partial charge in [-0.3, -0.25) is 4.79 Å². The first-order valence-electron chi connectivity index (χ1n) is 6.10. The Hall–Kier alpha value is -1.42. The molecule has 1 aromatic heterocycles. The predicted octanol–water partition coefficient (Wildman–Crippen LogP) is 1.86. The summed E-state index contributed by atoms with van der Waals surface area (Å²) in [4.78, 5) is 16.5. The first kappa shape index (κ1) is 12.0. The lowest BCUT2D eigenvalue weighted by Gasteiger charge is -2.33. The molecule has 1 fully saturated rings. The Bertz CT molecular complexity index is 411. The predicted molar refractivity (Wildman–Crippen MR) is 67.9 cm³/mol. The van der Waals surface area contributed by atoms with Gasteiger partial charge in [0.15, 0.2) is 0 Å². The fourth-order valence-corrected chi connectivity index (χ4v) is 2.12. The maximum atomic E-state index is 12.2. The zero-order valence-corrected chi connectivity index (χ0v) is 10.4. The molecule has 1 aliphatic rings. The largest absolute Gasteiger partial charge is 0.309 e. The summed E-state index contributed by atoms with van der Waals surface area (Å²) in [5.74, 6) is 0.638. The van der Waals surface area contributed by atoms with E-state index in [0.29, 0.717) is 5.82 Å². The van der Waals surface area contributed by atoms with Crippen LogP contribution in [0, 0.1) is 6.92 Å². The number of hydrogen-bond acceptors (Lipinski definition) is 3. The second-order valence-corrected chi connectivity index (χ2v) is 4.83. The Labute approximate surface area is 102 Å². The molecule has 2 N–H and O–H groups in total. The van der Waals surface area contributed by atoms with Crippen LogP contribution < -0.4 is 10.6 Å². The number of anilines is 1. The molecule has 0 bridgehead atoms. The van der Waals surface area contributed by atoms with Crippen molar-refractivity contribution in [1.29, 1.82) is 0 Å². The molecule has 0 aromatic carbocycles. The third-order valence-electron chi connectivity index (χ3n) is 3.25. The van der Waals surface area contributed by atoms with Gasteiger partial charge in [-0.2, -0.15) is 0 Å². The van der Waals surface area contributed by atoms with Crippen LogP contribution in [-0.2, 0) is 4.79 Å². The smallest absolute Gasteiger partial charge is 0.245 e. The fraction of sp³-hybridized carbons (Fsp3) is 0.538. The van der Waals surface area contributed by atoms with Crippen molar-refractivity contribution < 1.29 is 4.79 Å². The number of carbonyl (C=O) groups excluding carboxylic acids is 1. The lowest BCUT2D eigenvalue weighted by atomic mass is 9.90. The summed E-state index contributed by atoms with van der Waals surface area (Å²) in [7, 11) is 0. The van der Waals surface area contributed by atoms with Crippen molar-refractivity contribution in [2.75, 3.05) is 11.9 Å². The van der Waals surface area contributed by atoms with E-state index in [4.69, 9.17) is 0 Å². The quantitative estimate of drug-likeness (QED) is 0.819. The molecule has 2 rings (SSSR count). The molecule has 1 saturated heterocycles. The van der Waals surface area contributed by atoms with Crippen molar-refractivity contribution in [2.24, 2.45) is 0 Å². The molecule has 0 aliphatic carbocycles. The number of piperidine rings is 1. The lowest BCUT2D eigenvalue weighted by molar-refractivity contribution is -0.122. The van der Waals surface area contributed by atoms with Crippen LogP contribution in [0.15, 0.2) is 18.2 Å². The fourth-order valence-electron chi connectivity index (χ4n) is 2.12. The van der Waals surface area contributed by atoms with Gasteiger partial charge in [0.1, 0.15) is 5.82 Å². The van der Waals surface area contributed by atoms with Gasteiger partial charge in [0.05, 0.1) is 5.54 Å². The summed E-state index contributed by atoms with van der Waals surface area (Å²) in [5.41, 5.74) is 0.452. The van der Waals surface area contributed by atoms with Gasteiger partial charge in [-0.1, -0.05) is 6.07 Å². The van der Waals surface area contributed by atoms with E-state index in [1.165, 1.54) is 0 Å². The lowest BCUT2D eigenvalue weighted by Crippen LogP contribution is -2.54. The van der Waals surface area contributed by atoms with Crippen molar-refractivity contribution in [2.45, 2.75) is 38.6 Å². The molecule has 1 aromatic rings. The minimum Gasteiger partial charge on any atom is -0.309 e. The number of hydrogen-bond donors (Lipinski definition) is 2. The maximum Gasteiger partial charge on any atom is 0.245 e. The molecule has 1 unspecified atom stereocenters. The molecule has 1 atom stereocenters. The van der Waals surface area contributed by atoms with Gasteiger partial charge in [0.2, 0.25) is 5.91 Å². The van der Waals surface area contributed by atoms with Crippen LogP contribution in [-0.4, -0.2) is 23.0 Å². The molecule has 2 heterocycles. The summed E-state index contributed by atoms with van der Waals surface area (Å²) in [5, 5.41) is 6.17. The van der Waals surface area contributed by atoms with Crippen molar-refractivity contribution in [3.63, 3.8) is 0 Å². The van der Waals surface area contributed by atoms with E-state index in [2.05, 4.69) is 15.6 Å². The molecule has 17 heavy (non-hydrogen) atoms. The SMILES string of the molecule is Cc1cccc(NC(=O)C2(C)CCCCN2)n1. The number of rotatable bonds is 2. The molecule has 1 amide bonds. The zero-order valence-electron chi connectivity index (χ0n) is 10.4. The van der Waals surface area contributed by atoms with Gasteiger partial charge in [-0.15, -0.1) is 0 Å². The van der Waals surface area contributed by atoms with Crippen molar-refractivity contribution in [3.8, 4) is 0 Å². The molecule has 4 nitrogen and oxygen atoms in total. The first-order valence-corrected chi connectivity index (χ1v) is 6.10. The number of carbonyl (C=O) groups is 1. The van der Waals surface area contributed by atoms with E-state index in [0.717, 1.165) is 31.5 Å². The van der Waals surface area contributed by atoms with Crippen LogP contribution in [0.3, 0.4) is 0 Å². The van der Waals surface area contributed by atoms with Gasteiger partial charge in [-0.05, 0) is 51.8 Å². The van der Waals surface area contributed by atoms with E-state index < -0.39 is 5.54 Å². The average Bonchev–Trinajstić information content (AvgIpc) is 2.30. The van der Waals surface area contributed by atoms with Gasteiger partial charge < -0.3 is 10.6 Å². The van der Waals surface area contributed by atoms with Crippen molar-refractivity contribution >= 4 is 11.7 Å². The number of amides is 1. The summed E-state index contributed by atoms with van der Waals surface area (Å²) in [6.07, 6.45) is 3.12. The highest BCUT2D eigenvalue weighted by Gasteiger charge is 2.34. The Morgan fingerprint density at radius 1 is 1.47 bits per heavy atom. The van der Waals surface area contributed by atoms with Crippen LogP contribution in [0.2, 0.25) is 0 Å². The van der Waals surface area contributed by atoms with Gasteiger partial charge in [0.25, 0.3) is 0 Å². The molecule has 0 radical (unpaired) electrons.